The van der Waals surface area contributed by atoms with E-state index >= 15 is 0 Å². The molecule has 4 heteroatoms. The van der Waals surface area contributed by atoms with E-state index in [9.17, 15) is 9.59 Å². The molecule has 1 N–H and O–H groups in total. The SMILES string of the molecule is CC(C)c1cccc(C(=O)N(C)C)c1.CCc1cccc(C(=O)NC)c1.[HH]. The Balaban J connectivity index is 0.000000488. The number of amides is 2. The third-order valence-corrected chi connectivity index (χ3v) is 4.03. The summed E-state index contributed by atoms with van der Waals surface area (Å²) in [4.78, 5) is 24.4. The van der Waals surface area contributed by atoms with Gasteiger partial charge in [0.1, 0.15) is 0 Å². The molecule has 4 nitrogen and oxygen atoms in total. The van der Waals surface area contributed by atoms with Crippen molar-refractivity contribution >= 4 is 11.8 Å². The fourth-order valence-corrected chi connectivity index (χ4v) is 2.37. The summed E-state index contributed by atoms with van der Waals surface area (Å²) in [7, 11) is 5.18. The lowest BCUT2D eigenvalue weighted by molar-refractivity contribution is 0.0827. The lowest BCUT2D eigenvalue weighted by Gasteiger charge is -2.12. The highest BCUT2D eigenvalue weighted by Crippen LogP contribution is 2.16. The predicted molar refractivity (Wildman–Crippen MR) is 110 cm³/mol. The standard InChI is InChI=1S/C12H17NO.C10H13NO.H2/c1-9(2)10-6-5-7-11(8-10)12(14)13(3)4;1-3-8-5-4-6-9(7-8)10(12)11-2;/h5-9H,1-4H3;4-7H,3H2,1-2H3,(H,11,12);1H. The van der Waals surface area contributed by atoms with Crippen LogP contribution in [0.2, 0.25) is 0 Å². The van der Waals surface area contributed by atoms with Crippen LogP contribution in [0.1, 0.15) is 60.0 Å². The molecule has 2 amide bonds. The molecule has 0 bridgehead atoms. The zero-order valence-electron chi connectivity index (χ0n) is 16.7. The van der Waals surface area contributed by atoms with E-state index in [2.05, 4.69) is 32.2 Å². The maximum atomic E-state index is 11.6. The Bertz CT molecular complexity index is 743. The minimum Gasteiger partial charge on any atom is -0.355 e. The van der Waals surface area contributed by atoms with Crippen molar-refractivity contribution in [1.82, 2.24) is 10.2 Å². The molecule has 0 saturated carbocycles. The number of rotatable bonds is 4. The second kappa shape index (κ2) is 10.4. The number of carbonyl (C=O) groups excluding carboxylic acids is 2. The Kier molecular flexibility index (Phi) is 8.56. The first-order valence-corrected chi connectivity index (χ1v) is 8.92. The highest BCUT2D eigenvalue weighted by molar-refractivity contribution is 5.94. The van der Waals surface area contributed by atoms with Crippen LogP contribution >= 0.6 is 0 Å². The summed E-state index contributed by atoms with van der Waals surface area (Å²) >= 11 is 0. The van der Waals surface area contributed by atoms with E-state index in [-0.39, 0.29) is 13.2 Å². The fraction of sp³-hybridized carbons (Fsp3) is 0.364. The zero-order valence-corrected chi connectivity index (χ0v) is 16.7. The van der Waals surface area contributed by atoms with Crippen LogP contribution in [0.5, 0.6) is 0 Å². The quantitative estimate of drug-likeness (QED) is 0.884. The lowest BCUT2D eigenvalue weighted by Crippen LogP contribution is -2.21. The van der Waals surface area contributed by atoms with Crippen LogP contribution < -0.4 is 5.32 Å². The first-order chi connectivity index (χ1) is 12.3. The van der Waals surface area contributed by atoms with Crippen molar-refractivity contribution in [1.29, 1.82) is 0 Å². The number of hydrogen-bond acceptors (Lipinski definition) is 2. The Morgan fingerprint density at radius 3 is 2.19 bits per heavy atom. The van der Waals surface area contributed by atoms with E-state index < -0.39 is 0 Å². The molecule has 2 aromatic rings. The summed E-state index contributed by atoms with van der Waals surface area (Å²) < 4.78 is 0. The van der Waals surface area contributed by atoms with Gasteiger partial charge in [0, 0.05) is 33.7 Å². The monoisotopic (exact) mass is 356 g/mol. The molecule has 0 atom stereocenters. The molecule has 0 aliphatic heterocycles. The van der Waals surface area contributed by atoms with Gasteiger partial charge in [0.25, 0.3) is 11.8 Å². The summed E-state index contributed by atoms with van der Waals surface area (Å²) in [6.07, 6.45) is 0.963. The first-order valence-electron chi connectivity index (χ1n) is 8.92. The minimum atomic E-state index is -0.0229. The number of benzene rings is 2. The predicted octanol–water partition coefficient (Wildman–Crippen LogP) is 4.37. The van der Waals surface area contributed by atoms with Crippen molar-refractivity contribution in [2.24, 2.45) is 0 Å². The maximum absolute atomic E-state index is 11.6. The van der Waals surface area contributed by atoms with E-state index in [1.54, 1.807) is 26.0 Å². The molecule has 2 aromatic carbocycles. The smallest absolute Gasteiger partial charge is 0.253 e. The molecular weight excluding hydrogens is 324 g/mol. The van der Waals surface area contributed by atoms with Crippen molar-refractivity contribution in [2.75, 3.05) is 21.1 Å². The second-order valence-electron chi connectivity index (χ2n) is 6.61. The molecule has 0 aliphatic rings. The normalized spacial score (nSPS) is 9.96. The van der Waals surface area contributed by atoms with Crippen LogP contribution in [0.3, 0.4) is 0 Å². The van der Waals surface area contributed by atoms with Crippen molar-refractivity contribution in [3.05, 3.63) is 70.8 Å². The van der Waals surface area contributed by atoms with Crippen LogP contribution in [0.15, 0.2) is 48.5 Å². The van der Waals surface area contributed by atoms with Crippen molar-refractivity contribution < 1.29 is 11.0 Å². The summed E-state index contributed by atoms with van der Waals surface area (Å²) in [6.45, 7) is 6.32. The zero-order chi connectivity index (χ0) is 19.7. The van der Waals surface area contributed by atoms with Crippen molar-refractivity contribution in [3.8, 4) is 0 Å². The summed E-state index contributed by atoms with van der Waals surface area (Å²) in [6, 6.07) is 15.5. The summed E-state index contributed by atoms with van der Waals surface area (Å²) in [5, 5.41) is 2.59. The van der Waals surface area contributed by atoms with Gasteiger partial charge < -0.3 is 10.2 Å². The first kappa shape index (κ1) is 21.4. The second-order valence-corrected chi connectivity index (χ2v) is 6.61. The number of aryl methyl sites for hydroxylation is 1. The topological polar surface area (TPSA) is 49.4 Å². The number of hydrogen-bond donors (Lipinski definition) is 1. The molecule has 0 saturated heterocycles. The molecule has 26 heavy (non-hydrogen) atoms. The molecule has 0 fully saturated rings. The van der Waals surface area contributed by atoms with E-state index in [0.29, 0.717) is 5.92 Å². The van der Waals surface area contributed by atoms with Gasteiger partial charge in [0.2, 0.25) is 0 Å². The van der Waals surface area contributed by atoms with E-state index in [1.807, 2.05) is 42.5 Å². The molecule has 0 aromatic heterocycles. The Morgan fingerprint density at radius 2 is 1.65 bits per heavy atom. The fourth-order valence-electron chi connectivity index (χ4n) is 2.37. The molecule has 0 radical (unpaired) electrons. The van der Waals surface area contributed by atoms with Crippen LogP contribution in [-0.2, 0) is 6.42 Å². The minimum absolute atomic E-state index is 0. The van der Waals surface area contributed by atoms with Crippen LogP contribution in [0, 0.1) is 0 Å². The Hall–Kier alpha value is -2.62. The number of carbonyl (C=O) groups is 2. The number of nitrogens with one attached hydrogen (secondary N) is 1. The maximum Gasteiger partial charge on any atom is 0.253 e. The molecule has 0 heterocycles. The molecule has 0 spiro atoms. The Morgan fingerprint density at radius 1 is 1.04 bits per heavy atom. The third kappa shape index (κ3) is 6.36. The summed E-state index contributed by atoms with van der Waals surface area (Å²) in [5.74, 6) is 0.503. The largest absolute Gasteiger partial charge is 0.355 e. The third-order valence-electron chi connectivity index (χ3n) is 4.03. The van der Waals surface area contributed by atoms with Gasteiger partial charge in [-0.1, -0.05) is 45.0 Å². The van der Waals surface area contributed by atoms with Gasteiger partial charge in [-0.2, -0.15) is 0 Å². The van der Waals surface area contributed by atoms with Crippen molar-refractivity contribution in [3.63, 3.8) is 0 Å². The average Bonchev–Trinajstić information content (AvgIpc) is 2.67. The van der Waals surface area contributed by atoms with Gasteiger partial charge in [-0.25, -0.2) is 0 Å². The van der Waals surface area contributed by atoms with Gasteiger partial charge in [0.05, 0.1) is 0 Å². The highest BCUT2D eigenvalue weighted by Gasteiger charge is 2.08. The van der Waals surface area contributed by atoms with Crippen LogP contribution in [-0.4, -0.2) is 37.9 Å². The number of nitrogens with zero attached hydrogens (tertiary/aromatic N) is 1. The lowest BCUT2D eigenvalue weighted by atomic mass is 10.0. The molecule has 0 unspecified atom stereocenters. The van der Waals surface area contributed by atoms with Crippen LogP contribution in [0.4, 0.5) is 0 Å². The average molecular weight is 357 g/mol. The molecule has 142 valence electrons. The highest BCUT2D eigenvalue weighted by atomic mass is 16.2. The van der Waals surface area contributed by atoms with Crippen molar-refractivity contribution in [2.45, 2.75) is 33.1 Å². The Labute approximate surface area is 158 Å². The molecule has 2 rings (SSSR count). The van der Waals surface area contributed by atoms with Gasteiger partial charge in [-0.3, -0.25) is 9.59 Å². The van der Waals surface area contributed by atoms with E-state index in [1.165, 1.54) is 11.1 Å². The van der Waals surface area contributed by atoms with Gasteiger partial charge in [-0.15, -0.1) is 0 Å². The summed E-state index contributed by atoms with van der Waals surface area (Å²) in [5.41, 5.74) is 3.90. The van der Waals surface area contributed by atoms with E-state index in [4.69, 9.17) is 0 Å². The van der Waals surface area contributed by atoms with Crippen LogP contribution in [0.25, 0.3) is 0 Å². The van der Waals surface area contributed by atoms with Gasteiger partial charge >= 0.3 is 0 Å². The van der Waals surface area contributed by atoms with E-state index in [0.717, 1.165) is 17.5 Å². The molecule has 0 aliphatic carbocycles. The van der Waals surface area contributed by atoms with Gasteiger partial charge in [-0.05, 0) is 47.7 Å². The molecular formula is C22H32N2O2. The van der Waals surface area contributed by atoms with Gasteiger partial charge in [0.15, 0.2) is 0 Å².